The van der Waals surface area contributed by atoms with Crippen molar-refractivity contribution in [1.29, 1.82) is 0 Å². The van der Waals surface area contributed by atoms with Crippen LogP contribution in [-0.2, 0) is 10.0 Å². The fourth-order valence-electron chi connectivity index (χ4n) is 2.59. The van der Waals surface area contributed by atoms with Crippen molar-refractivity contribution < 1.29 is 13.5 Å². The largest absolute Gasteiger partial charge is 0.391 e. The summed E-state index contributed by atoms with van der Waals surface area (Å²) in [4.78, 5) is 0. The van der Waals surface area contributed by atoms with Crippen molar-refractivity contribution in [2.24, 2.45) is 5.41 Å². The van der Waals surface area contributed by atoms with Gasteiger partial charge in [-0.1, -0.05) is 32.9 Å². The quantitative estimate of drug-likeness (QED) is 0.863. The summed E-state index contributed by atoms with van der Waals surface area (Å²) in [7, 11) is -3.15. The molecule has 2 unspecified atom stereocenters. The Morgan fingerprint density at radius 2 is 2.04 bits per heavy atom. The molecule has 2 N–H and O–H groups in total. The van der Waals surface area contributed by atoms with Crippen LogP contribution in [-0.4, -0.2) is 38.5 Å². The number of aliphatic hydroxyl groups is 1. The molecule has 1 aliphatic heterocycles. The van der Waals surface area contributed by atoms with E-state index in [4.69, 9.17) is 0 Å². The van der Waals surface area contributed by atoms with E-state index in [0.717, 1.165) is 11.3 Å². The van der Waals surface area contributed by atoms with Crippen molar-refractivity contribution >= 4 is 15.7 Å². The number of rotatable bonds is 5. The molecule has 2 atom stereocenters. The minimum absolute atomic E-state index is 0.0391. The number of hydrogen-bond donors (Lipinski definition) is 2. The van der Waals surface area contributed by atoms with E-state index in [0.29, 0.717) is 19.5 Å². The highest BCUT2D eigenvalue weighted by Crippen LogP contribution is 2.27. The Bertz CT molecular complexity index is 637. The summed E-state index contributed by atoms with van der Waals surface area (Å²) in [6, 6.07) is 7.66. The zero-order valence-corrected chi connectivity index (χ0v) is 15.2. The Balaban J connectivity index is 2.08. The van der Waals surface area contributed by atoms with Crippen LogP contribution < -0.4 is 9.62 Å². The number of aliphatic hydroxyl groups excluding tert-OH is 1. The smallest absolute Gasteiger partial charge is 0.235 e. The second-order valence-corrected chi connectivity index (χ2v) is 9.36. The van der Waals surface area contributed by atoms with E-state index < -0.39 is 16.1 Å². The molecule has 5 nitrogen and oxygen atoms in total. The molecule has 130 valence electrons. The van der Waals surface area contributed by atoms with Crippen molar-refractivity contribution in [2.45, 2.75) is 46.3 Å². The molecule has 0 bridgehead atoms. The highest BCUT2D eigenvalue weighted by Gasteiger charge is 2.28. The zero-order valence-electron chi connectivity index (χ0n) is 14.4. The average Bonchev–Trinajstić information content (AvgIpc) is 2.83. The number of anilines is 1. The van der Waals surface area contributed by atoms with E-state index in [1.807, 2.05) is 52.0 Å². The first-order chi connectivity index (χ1) is 10.6. The van der Waals surface area contributed by atoms with Gasteiger partial charge in [-0.2, -0.15) is 0 Å². The summed E-state index contributed by atoms with van der Waals surface area (Å²) in [5.41, 5.74) is 1.58. The van der Waals surface area contributed by atoms with Gasteiger partial charge in [0.1, 0.15) is 0 Å². The third-order valence-corrected chi connectivity index (χ3v) is 6.24. The SMILES string of the molecule is CC(NCC(O)C(C)(C)C)c1cccc(N2CCCS2(=O)=O)c1. The van der Waals surface area contributed by atoms with Gasteiger partial charge in [0.05, 0.1) is 17.5 Å². The normalized spacial score (nSPS) is 20.5. The van der Waals surface area contributed by atoms with Gasteiger partial charge in [0.25, 0.3) is 0 Å². The predicted octanol–water partition coefficient (Wildman–Crippen LogP) is 2.28. The molecule has 0 aromatic heterocycles. The van der Waals surface area contributed by atoms with Gasteiger partial charge >= 0.3 is 0 Å². The topological polar surface area (TPSA) is 69.6 Å². The lowest BCUT2D eigenvalue weighted by Gasteiger charge is -2.28. The Hall–Kier alpha value is -1.11. The van der Waals surface area contributed by atoms with Crippen molar-refractivity contribution in [3.05, 3.63) is 29.8 Å². The molecule has 0 saturated carbocycles. The standard InChI is InChI=1S/C17H28N2O3S/c1-13(18-12-16(20)17(2,3)4)14-7-5-8-15(11-14)19-9-6-10-23(19,21)22/h5,7-8,11,13,16,18,20H,6,9-10,12H2,1-4H3. The van der Waals surface area contributed by atoms with E-state index in [2.05, 4.69) is 5.32 Å². The van der Waals surface area contributed by atoms with Crippen LogP contribution in [0.1, 0.15) is 45.7 Å². The minimum Gasteiger partial charge on any atom is -0.391 e. The molecule has 23 heavy (non-hydrogen) atoms. The van der Waals surface area contributed by atoms with Crippen LogP contribution in [0, 0.1) is 5.41 Å². The third-order valence-electron chi connectivity index (χ3n) is 4.37. The van der Waals surface area contributed by atoms with E-state index >= 15 is 0 Å². The van der Waals surface area contributed by atoms with Crippen molar-refractivity contribution in [3.63, 3.8) is 0 Å². The molecule has 1 aromatic rings. The molecule has 2 rings (SSSR count). The third kappa shape index (κ3) is 4.46. The summed E-state index contributed by atoms with van der Waals surface area (Å²) >= 11 is 0. The number of benzene rings is 1. The summed E-state index contributed by atoms with van der Waals surface area (Å²) in [6.45, 7) is 9.08. The highest BCUT2D eigenvalue weighted by atomic mass is 32.2. The Kier molecular flexibility index (Phi) is 5.38. The predicted molar refractivity (Wildman–Crippen MR) is 94.1 cm³/mol. The van der Waals surface area contributed by atoms with Gasteiger partial charge in [-0.15, -0.1) is 0 Å². The highest BCUT2D eigenvalue weighted by molar-refractivity contribution is 7.93. The molecular formula is C17H28N2O3S. The summed E-state index contributed by atoms with van der Waals surface area (Å²) in [5, 5.41) is 13.5. The van der Waals surface area contributed by atoms with Crippen LogP contribution >= 0.6 is 0 Å². The second-order valence-electron chi connectivity index (χ2n) is 7.35. The van der Waals surface area contributed by atoms with Crippen LogP contribution in [0.25, 0.3) is 0 Å². The van der Waals surface area contributed by atoms with Crippen molar-refractivity contribution in [2.75, 3.05) is 23.1 Å². The van der Waals surface area contributed by atoms with Gasteiger partial charge < -0.3 is 10.4 Å². The maximum Gasteiger partial charge on any atom is 0.235 e. The van der Waals surface area contributed by atoms with Crippen LogP contribution in [0.15, 0.2) is 24.3 Å². The van der Waals surface area contributed by atoms with E-state index in [1.54, 1.807) is 0 Å². The molecule has 0 aliphatic carbocycles. The lowest BCUT2D eigenvalue weighted by atomic mass is 9.89. The van der Waals surface area contributed by atoms with Gasteiger partial charge in [0.2, 0.25) is 10.0 Å². The summed E-state index contributed by atoms with van der Waals surface area (Å²) in [6.07, 6.45) is 0.241. The van der Waals surface area contributed by atoms with Crippen LogP contribution in [0.5, 0.6) is 0 Å². The number of sulfonamides is 1. The van der Waals surface area contributed by atoms with Crippen LogP contribution in [0.3, 0.4) is 0 Å². The first kappa shape index (κ1) is 18.2. The lowest BCUT2D eigenvalue weighted by Crippen LogP contribution is -2.37. The van der Waals surface area contributed by atoms with E-state index in [-0.39, 0.29) is 17.2 Å². The molecule has 1 aliphatic rings. The van der Waals surface area contributed by atoms with E-state index in [1.165, 1.54) is 4.31 Å². The number of nitrogens with zero attached hydrogens (tertiary/aromatic N) is 1. The van der Waals surface area contributed by atoms with Gasteiger partial charge in [0, 0.05) is 19.1 Å². The molecule has 1 saturated heterocycles. The van der Waals surface area contributed by atoms with E-state index in [9.17, 15) is 13.5 Å². The van der Waals surface area contributed by atoms with Crippen molar-refractivity contribution in [1.82, 2.24) is 5.32 Å². The molecule has 6 heteroatoms. The average molecular weight is 340 g/mol. The summed E-state index contributed by atoms with van der Waals surface area (Å²) in [5.74, 6) is 0.225. The number of nitrogens with one attached hydrogen (secondary N) is 1. The summed E-state index contributed by atoms with van der Waals surface area (Å²) < 4.78 is 25.6. The lowest BCUT2D eigenvalue weighted by molar-refractivity contribution is 0.0609. The molecule has 1 aromatic carbocycles. The van der Waals surface area contributed by atoms with Gasteiger partial charge in [0.15, 0.2) is 0 Å². The minimum atomic E-state index is -3.15. The van der Waals surface area contributed by atoms with Crippen LogP contribution in [0.4, 0.5) is 5.69 Å². The zero-order chi connectivity index (χ0) is 17.3. The molecule has 0 spiro atoms. The molecule has 1 fully saturated rings. The first-order valence-corrected chi connectivity index (χ1v) is 9.74. The number of hydrogen-bond acceptors (Lipinski definition) is 4. The monoisotopic (exact) mass is 340 g/mol. The maximum absolute atomic E-state index is 12.0. The van der Waals surface area contributed by atoms with Gasteiger partial charge in [-0.25, -0.2) is 8.42 Å². The first-order valence-electron chi connectivity index (χ1n) is 8.13. The molecular weight excluding hydrogens is 312 g/mol. The molecule has 0 amide bonds. The van der Waals surface area contributed by atoms with Crippen LogP contribution in [0.2, 0.25) is 0 Å². The van der Waals surface area contributed by atoms with Crippen molar-refractivity contribution in [3.8, 4) is 0 Å². The Labute approximate surface area is 139 Å². The maximum atomic E-state index is 12.0. The fourth-order valence-corrected chi connectivity index (χ4v) is 4.15. The molecule has 0 radical (unpaired) electrons. The molecule has 1 heterocycles. The Morgan fingerprint density at radius 1 is 1.35 bits per heavy atom. The van der Waals surface area contributed by atoms with Gasteiger partial charge in [-0.05, 0) is 36.5 Å². The second kappa shape index (κ2) is 6.79. The Morgan fingerprint density at radius 3 is 2.61 bits per heavy atom. The fraction of sp³-hybridized carbons (Fsp3) is 0.647. The van der Waals surface area contributed by atoms with Gasteiger partial charge in [-0.3, -0.25) is 4.31 Å².